The van der Waals surface area contributed by atoms with E-state index in [0.29, 0.717) is 25.0 Å². The monoisotopic (exact) mass is 340 g/mol. The Morgan fingerprint density at radius 3 is 2.48 bits per heavy atom. The predicted octanol–water partition coefficient (Wildman–Crippen LogP) is 1.20. The van der Waals surface area contributed by atoms with Gasteiger partial charge in [-0.3, -0.25) is 19.1 Å². The van der Waals surface area contributed by atoms with Gasteiger partial charge >= 0.3 is 11.1 Å². The summed E-state index contributed by atoms with van der Waals surface area (Å²) in [5, 5.41) is 4.61. The molecule has 2 aliphatic heterocycles. The highest BCUT2D eigenvalue weighted by Crippen LogP contribution is 2.37. The summed E-state index contributed by atoms with van der Waals surface area (Å²) in [4.78, 5) is 27.4. The summed E-state index contributed by atoms with van der Waals surface area (Å²) in [6.45, 7) is 9.26. The van der Waals surface area contributed by atoms with Crippen LogP contribution in [0.5, 0.6) is 0 Å². The molecule has 0 saturated carbocycles. The standard InChI is InChI=1S/C19H24N4O2/c1-12(2)21-9-15-10-22-17(16(15)11-21)20-23(19(25)18(22)24)8-14-6-4-13(3)5-7-14/h4-7,12,15-16H,8-11H2,1-3H3/t15-,16+/m1/s1. The Bertz CT molecular complexity index is 911. The second kappa shape index (κ2) is 5.95. The van der Waals surface area contributed by atoms with Gasteiger partial charge in [-0.15, -0.1) is 0 Å². The summed E-state index contributed by atoms with van der Waals surface area (Å²) in [7, 11) is 0. The number of hydrogen-bond acceptors (Lipinski definition) is 4. The fourth-order valence-corrected chi connectivity index (χ4v) is 4.02. The topological polar surface area (TPSA) is 60.1 Å². The number of aryl methyl sites for hydroxylation is 1. The fraction of sp³-hybridized carbons (Fsp3) is 0.526. The summed E-state index contributed by atoms with van der Waals surface area (Å²) < 4.78 is 2.96. The highest BCUT2D eigenvalue weighted by molar-refractivity contribution is 5.21. The van der Waals surface area contributed by atoms with Crippen LogP contribution in [0.25, 0.3) is 0 Å². The van der Waals surface area contributed by atoms with E-state index in [1.165, 1.54) is 10.2 Å². The van der Waals surface area contributed by atoms with Crippen LogP contribution in [0.15, 0.2) is 33.9 Å². The molecule has 2 atom stereocenters. The van der Waals surface area contributed by atoms with E-state index in [9.17, 15) is 9.59 Å². The molecule has 0 unspecified atom stereocenters. The van der Waals surface area contributed by atoms with Crippen LogP contribution >= 0.6 is 0 Å². The quantitative estimate of drug-likeness (QED) is 0.788. The number of rotatable bonds is 3. The van der Waals surface area contributed by atoms with Crippen LogP contribution < -0.4 is 11.1 Å². The van der Waals surface area contributed by atoms with Crippen molar-refractivity contribution in [3.05, 3.63) is 61.9 Å². The van der Waals surface area contributed by atoms with Crippen LogP contribution in [0, 0.1) is 12.8 Å². The molecule has 1 aromatic carbocycles. The van der Waals surface area contributed by atoms with Crippen LogP contribution in [0.4, 0.5) is 0 Å². The molecule has 1 saturated heterocycles. The number of benzene rings is 1. The molecule has 2 aliphatic rings. The first-order valence-corrected chi connectivity index (χ1v) is 8.95. The molecule has 1 aromatic heterocycles. The Kier molecular flexibility index (Phi) is 3.87. The molecule has 6 nitrogen and oxygen atoms in total. The van der Waals surface area contributed by atoms with E-state index in [1.54, 1.807) is 4.57 Å². The van der Waals surface area contributed by atoms with Gasteiger partial charge in [-0.1, -0.05) is 29.8 Å². The number of aromatic nitrogens is 3. The first-order valence-electron chi connectivity index (χ1n) is 8.95. The highest BCUT2D eigenvalue weighted by Gasteiger charge is 2.43. The molecule has 0 amide bonds. The van der Waals surface area contributed by atoms with E-state index in [4.69, 9.17) is 0 Å². The molecule has 4 rings (SSSR count). The lowest BCUT2D eigenvalue weighted by atomic mass is 10.00. The molecule has 1 fully saturated rings. The lowest BCUT2D eigenvalue weighted by molar-refractivity contribution is 0.256. The molecule has 0 spiro atoms. The Labute approximate surface area is 146 Å². The average Bonchev–Trinajstić information content (AvgIpc) is 3.13. The van der Waals surface area contributed by atoms with Gasteiger partial charge in [-0.25, -0.2) is 4.68 Å². The SMILES string of the molecule is Cc1ccc(Cn2nc3n(c(=O)c2=O)C[C@H]2CN(C(C)C)C[C@H]32)cc1. The summed E-state index contributed by atoms with van der Waals surface area (Å²) >= 11 is 0. The van der Waals surface area contributed by atoms with E-state index in [0.717, 1.165) is 24.5 Å². The third kappa shape index (κ3) is 2.74. The molecule has 0 aliphatic carbocycles. The van der Waals surface area contributed by atoms with Crippen molar-refractivity contribution in [2.24, 2.45) is 5.92 Å². The van der Waals surface area contributed by atoms with Crippen molar-refractivity contribution in [1.82, 2.24) is 19.2 Å². The minimum Gasteiger partial charge on any atom is -0.300 e. The van der Waals surface area contributed by atoms with Gasteiger partial charge in [0.25, 0.3) is 0 Å². The van der Waals surface area contributed by atoms with Crippen molar-refractivity contribution in [2.45, 2.75) is 45.8 Å². The molecule has 0 bridgehead atoms. The van der Waals surface area contributed by atoms with Crippen molar-refractivity contribution in [2.75, 3.05) is 13.1 Å². The summed E-state index contributed by atoms with van der Waals surface area (Å²) in [5.74, 6) is 1.42. The normalized spacial score (nSPS) is 22.4. The Morgan fingerprint density at radius 2 is 1.80 bits per heavy atom. The minimum atomic E-state index is -0.523. The molecular formula is C19H24N4O2. The van der Waals surface area contributed by atoms with Crippen molar-refractivity contribution in [3.8, 4) is 0 Å². The second-order valence-corrected chi connectivity index (χ2v) is 7.64. The zero-order valence-electron chi connectivity index (χ0n) is 15.0. The smallest absolute Gasteiger partial charge is 0.300 e. The molecule has 0 radical (unpaired) electrons. The zero-order chi connectivity index (χ0) is 17.7. The van der Waals surface area contributed by atoms with Crippen LogP contribution in [-0.4, -0.2) is 38.4 Å². The molecule has 25 heavy (non-hydrogen) atoms. The Morgan fingerprint density at radius 1 is 1.08 bits per heavy atom. The first kappa shape index (κ1) is 16.3. The van der Waals surface area contributed by atoms with Crippen LogP contribution in [-0.2, 0) is 13.1 Å². The van der Waals surface area contributed by atoms with Gasteiger partial charge in [0.2, 0.25) is 0 Å². The zero-order valence-corrected chi connectivity index (χ0v) is 15.0. The number of likely N-dealkylation sites (tertiary alicyclic amines) is 1. The summed E-state index contributed by atoms with van der Waals surface area (Å²) in [6.07, 6.45) is 0. The Balaban J connectivity index is 1.70. The second-order valence-electron chi connectivity index (χ2n) is 7.64. The molecule has 6 heteroatoms. The van der Waals surface area contributed by atoms with E-state index in [2.05, 4.69) is 23.8 Å². The summed E-state index contributed by atoms with van der Waals surface area (Å²) in [5.41, 5.74) is 1.20. The van der Waals surface area contributed by atoms with Gasteiger partial charge in [0, 0.05) is 37.5 Å². The molecule has 132 valence electrons. The van der Waals surface area contributed by atoms with Crippen molar-refractivity contribution in [3.63, 3.8) is 0 Å². The van der Waals surface area contributed by atoms with E-state index in [-0.39, 0.29) is 5.92 Å². The van der Waals surface area contributed by atoms with Gasteiger partial charge < -0.3 is 0 Å². The lowest BCUT2D eigenvalue weighted by Crippen LogP contribution is -2.44. The fourth-order valence-electron chi connectivity index (χ4n) is 4.02. The molecule has 2 aromatic rings. The van der Waals surface area contributed by atoms with Gasteiger partial charge in [-0.05, 0) is 26.3 Å². The van der Waals surface area contributed by atoms with Gasteiger partial charge in [0.05, 0.1) is 6.54 Å². The summed E-state index contributed by atoms with van der Waals surface area (Å²) in [6, 6.07) is 8.46. The van der Waals surface area contributed by atoms with E-state index < -0.39 is 11.1 Å². The van der Waals surface area contributed by atoms with Crippen LogP contribution in [0.3, 0.4) is 0 Å². The van der Waals surface area contributed by atoms with E-state index >= 15 is 0 Å². The maximum Gasteiger partial charge on any atom is 0.332 e. The van der Waals surface area contributed by atoms with Crippen LogP contribution in [0.2, 0.25) is 0 Å². The third-order valence-electron chi connectivity index (χ3n) is 5.56. The van der Waals surface area contributed by atoms with Gasteiger partial charge in [-0.2, -0.15) is 5.10 Å². The van der Waals surface area contributed by atoms with Crippen molar-refractivity contribution >= 4 is 0 Å². The Hall–Kier alpha value is -2.21. The lowest BCUT2D eigenvalue weighted by Gasteiger charge is -2.21. The molecular weight excluding hydrogens is 316 g/mol. The van der Waals surface area contributed by atoms with Gasteiger partial charge in [0.1, 0.15) is 5.82 Å². The van der Waals surface area contributed by atoms with Gasteiger partial charge in [0.15, 0.2) is 0 Å². The van der Waals surface area contributed by atoms with Crippen molar-refractivity contribution < 1.29 is 0 Å². The molecule has 0 N–H and O–H groups in total. The maximum absolute atomic E-state index is 12.5. The molecule has 3 heterocycles. The van der Waals surface area contributed by atoms with Crippen LogP contribution in [0.1, 0.15) is 36.7 Å². The average molecular weight is 340 g/mol. The largest absolute Gasteiger partial charge is 0.332 e. The number of hydrogen-bond donors (Lipinski definition) is 0. The number of fused-ring (bicyclic) bond motifs is 3. The van der Waals surface area contributed by atoms with E-state index in [1.807, 2.05) is 31.2 Å². The minimum absolute atomic E-state index is 0.250. The maximum atomic E-state index is 12.5. The first-order chi connectivity index (χ1) is 11.9. The highest BCUT2D eigenvalue weighted by atomic mass is 16.2. The number of nitrogens with zero attached hydrogens (tertiary/aromatic N) is 4. The van der Waals surface area contributed by atoms with Crippen molar-refractivity contribution in [1.29, 1.82) is 0 Å². The predicted molar refractivity (Wildman–Crippen MR) is 96.0 cm³/mol. The third-order valence-corrected chi connectivity index (χ3v) is 5.56.